The van der Waals surface area contributed by atoms with E-state index in [0.29, 0.717) is 13.0 Å². The summed E-state index contributed by atoms with van der Waals surface area (Å²) in [4.78, 5) is 11.8. The Morgan fingerprint density at radius 1 is 1.58 bits per heavy atom. The van der Waals surface area contributed by atoms with Crippen molar-refractivity contribution in [3.05, 3.63) is 29.6 Å². The summed E-state index contributed by atoms with van der Waals surface area (Å²) in [5.41, 5.74) is 4.49. The van der Waals surface area contributed by atoms with Gasteiger partial charge in [0.05, 0.1) is 11.3 Å². The first kappa shape index (κ1) is 15.4. The van der Waals surface area contributed by atoms with Crippen LogP contribution < -0.4 is 11.1 Å². The van der Waals surface area contributed by atoms with E-state index in [1.54, 1.807) is 6.92 Å². The molecule has 5 nitrogen and oxygen atoms in total. The lowest BCUT2D eigenvalue weighted by molar-refractivity contribution is 0.0243. The average molecular weight is 270 g/mol. The molecule has 1 atom stereocenters. The van der Waals surface area contributed by atoms with Crippen LogP contribution in [0, 0.1) is 5.82 Å². The second-order valence-electron chi connectivity index (χ2n) is 4.66. The molecule has 0 aromatic heterocycles. The van der Waals surface area contributed by atoms with Gasteiger partial charge < -0.3 is 20.9 Å². The number of nitrogens with one attached hydrogen (secondary N) is 1. The molecule has 0 aliphatic carbocycles. The molecule has 0 radical (unpaired) electrons. The number of halogens is 1. The van der Waals surface area contributed by atoms with Crippen molar-refractivity contribution in [2.45, 2.75) is 18.9 Å². The van der Waals surface area contributed by atoms with Crippen molar-refractivity contribution in [3.63, 3.8) is 0 Å². The van der Waals surface area contributed by atoms with Crippen LogP contribution in [-0.4, -0.2) is 36.9 Å². The summed E-state index contributed by atoms with van der Waals surface area (Å²) < 4.78 is 17.8. The molecule has 1 aromatic carbocycles. The number of anilines is 1. The minimum absolute atomic E-state index is 0.0759. The number of ether oxygens (including phenoxy) is 1. The molecule has 0 fully saturated rings. The lowest BCUT2D eigenvalue weighted by Crippen LogP contribution is -2.41. The van der Waals surface area contributed by atoms with Gasteiger partial charge in [-0.3, -0.25) is 4.79 Å². The number of aliphatic hydroxyl groups is 1. The van der Waals surface area contributed by atoms with Crippen molar-refractivity contribution >= 4 is 11.6 Å². The number of nitrogen functional groups attached to an aromatic ring is 1. The van der Waals surface area contributed by atoms with Crippen molar-refractivity contribution in [3.8, 4) is 0 Å². The van der Waals surface area contributed by atoms with Gasteiger partial charge in [-0.15, -0.1) is 0 Å². The van der Waals surface area contributed by atoms with Gasteiger partial charge in [-0.1, -0.05) is 0 Å². The van der Waals surface area contributed by atoms with Crippen LogP contribution in [0.15, 0.2) is 18.2 Å². The Balaban J connectivity index is 2.57. The molecular formula is C13H19FN2O3. The van der Waals surface area contributed by atoms with Crippen molar-refractivity contribution < 1.29 is 19.0 Å². The first-order valence-electron chi connectivity index (χ1n) is 5.90. The van der Waals surface area contributed by atoms with E-state index in [1.165, 1.54) is 19.2 Å². The summed E-state index contributed by atoms with van der Waals surface area (Å²) in [7, 11) is 1.54. The van der Waals surface area contributed by atoms with Gasteiger partial charge in [0.2, 0.25) is 0 Å². The summed E-state index contributed by atoms with van der Waals surface area (Å²) in [6.07, 6.45) is 0.398. The maximum atomic E-state index is 13.0. The Morgan fingerprint density at radius 3 is 2.84 bits per heavy atom. The van der Waals surface area contributed by atoms with Gasteiger partial charge in [-0.05, 0) is 25.1 Å². The molecule has 106 valence electrons. The summed E-state index contributed by atoms with van der Waals surface area (Å²) in [5.74, 6) is -0.979. The van der Waals surface area contributed by atoms with Gasteiger partial charge in [-0.2, -0.15) is 0 Å². The number of carbonyl (C=O) groups excluding carboxylic acids is 1. The van der Waals surface area contributed by atoms with Gasteiger partial charge in [0.15, 0.2) is 0 Å². The monoisotopic (exact) mass is 270 g/mol. The standard InChI is InChI=1S/C13H19FN2O3/c1-13(18,5-6-19-2)8-16-12(17)9-3-4-10(14)11(15)7-9/h3-4,7,18H,5-6,8,15H2,1-2H3,(H,16,17). The van der Waals surface area contributed by atoms with Crippen LogP contribution in [0.3, 0.4) is 0 Å². The van der Waals surface area contributed by atoms with E-state index in [2.05, 4.69) is 5.32 Å². The molecule has 0 saturated carbocycles. The van der Waals surface area contributed by atoms with E-state index in [4.69, 9.17) is 10.5 Å². The quantitative estimate of drug-likeness (QED) is 0.671. The van der Waals surface area contributed by atoms with Crippen LogP contribution in [0.25, 0.3) is 0 Å². The maximum Gasteiger partial charge on any atom is 0.251 e. The van der Waals surface area contributed by atoms with Crippen LogP contribution >= 0.6 is 0 Å². The third-order valence-corrected chi connectivity index (χ3v) is 2.73. The van der Waals surface area contributed by atoms with E-state index in [9.17, 15) is 14.3 Å². The number of benzene rings is 1. The second-order valence-corrected chi connectivity index (χ2v) is 4.66. The number of carbonyl (C=O) groups is 1. The Kier molecular flexibility index (Phi) is 5.26. The van der Waals surface area contributed by atoms with Crippen molar-refractivity contribution in [2.75, 3.05) is 26.0 Å². The van der Waals surface area contributed by atoms with Crippen molar-refractivity contribution in [1.82, 2.24) is 5.32 Å². The molecule has 0 saturated heterocycles. The molecule has 1 aromatic rings. The number of methoxy groups -OCH3 is 1. The lowest BCUT2D eigenvalue weighted by Gasteiger charge is -2.23. The molecule has 0 heterocycles. The van der Waals surface area contributed by atoms with Gasteiger partial charge in [-0.25, -0.2) is 4.39 Å². The number of hydrogen-bond acceptors (Lipinski definition) is 4. The lowest BCUT2D eigenvalue weighted by atomic mass is 10.0. The fourth-order valence-electron chi connectivity index (χ4n) is 1.47. The SMILES string of the molecule is COCCC(C)(O)CNC(=O)c1ccc(F)c(N)c1. The van der Waals surface area contributed by atoms with Gasteiger partial charge in [0, 0.05) is 32.2 Å². The first-order valence-corrected chi connectivity index (χ1v) is 5.90. The predicted molar refractivity (Wildman–Crippen MR) is 70.3 cm³/mol. The minimum atomic E-state index is -1.06. The fourth-order valence-corrected chi connectivity index (χ4v) is 1.47. The summed E-state index contributed by atoms with van der Waals surface area (Å²) in [6, 6.07) is 3.73. The zero-order valence-corrected chi connectivity index (χ0v) is 11.1. The Bertz CT molecular complexity index is 450. The minimum Gasteiger partial charge on any atom is -0.396 e. The Hall–Kier alpha value is -1.66. The number of hydrogen-bond donors (Lipinski definition) is 3. The summed E-state index contributed by atoms with van der Waals surface area (Å²) >= 11 is 0. The second kappa shape index (κ2) is 6.49. The normalized spacial score (nSPS) is 13.9. The van der Waals surface area contributed by atoms with Crippen molar-refractivity contribution in [2.24, 2.45) is 0 Å². The highest BCUT2D eigenvalue weighted by Crippen LogP contribution is 2.13. The highest BCUT2D eigenvalue weighted by atomic mass is 19.1. The van der Waals surface area contributed by atoms with Gasteiger partial charge >= 0.3 is 0 Å². The Morgan fingerprint density at radius 2 is 2.26 bits per heavy atom. The highest BCUT2D eigenvalue weighted by Gasteiger charge is 2.21. The van der Waals surface area contributed by atoms with Crippen LogP contribution in [0.5, 0.6) is 0 Å². The van der Waals surface area contributed by atoms with Gasteiger partial charge in [0.25, 0.3) is 5.91 Å². The molecule has 6 heteroatoms. The molecule has 19 heavy (non-hydrogen) atoms. The third-order valence-electron chi connectivity index (χ3n) is 2.73. The topological polar surface area (TPSA) is 84.6 Å². The fraction of sp³-hybridized carbons (Fsp3) is 0.462. The molecule has 4 N–H and O–H groups in total. The van der Waals surface area contributed by atoms with Crippen molar-refractivity contribution in [1.29, 1.82) is 0 Å². The predicted octanol–water partition coefficient (Wildman–Crippen LogP) is 0.925. The van der Waals surface area contributed by atoms with Crippen LogP contribution in [0.1, 0.15) is 23.7 Å². The third kappa shape index (κ3) is 4.84. The van der Waals surface area contributed by atoms with E-state index >= 15 is 0 Å². The molecule has 0 spiro atoms. The average Bonchev–Trinajstić information content (AvgIpc) is 2.37. The largest absolute Gasteiger partial charge is 0.396 e. The molecule has 0 bridgehead atoms. The maximum absolute atomic E-state index is 13.0. The zero-order chi connectivity index (χ0) is 14.5. The van der Waals surface area contributed by atoms with Crippen LogP contribution in [0.4, 0.5) is 10.1 Å². The zero-order valence-electron chi connectivity index (χ0n) is 11.1. The van der Waals surface area contributed by atoms with Crippen LogP contribution in [0.2, 0.25) is 0 Å². The molecule has 1 amide bonds. The molecule has 1 rings (SSSR count). The Labute approximate surface area is 111 Å². The highest BCUT2D eigenvalue weighted by molar-refractivity contribution is 5.95. The smallest absolute Gasteiger partial charge is 0.251 e. The first-order chi connectivity index (χ1) is 8.85. The molecular weight excluding hydrogens is 251 g/mol. The van der Waals surface area contributed by atoms with E-state index in [0.717, 1.165) is 6.07 Å². The summed E-state index contributed by atoms with van der Waals surface area (Å²) in [6.45, 7) is 2.07. The number of rotatable bonds is 6. The summed E-state index contributed by atoms with van der Waals surface area (Å²) in [5, 5.41) is 12.5. The van der Waals surface area contributed by atoms with E-state index in [-0.39, 0.29) is 17.8 Å². The molecule has 0 aliphatic rings. The number of nitrogens with two attached hydrogens (primary N) is 1. The van der Waals surface area contributed by atoms with Gasteiger partial charge in [0.1, 0.15) is 5.82 Å². The van der Waals surface area contributed by atoms with Crippen LogP contribution in [-0.2, 0) is 4.74 Å². The van der Waals surface area contributed by atoms with E-state index in [1.807, 2.05) is 0 Å². The molecule has 0 aliphatic heterocycles. The van der Waals surface area contributed by atoms with E-state index < -0.39 is 17.3 Å². The molecule has 1 unspecified atom stereocenters. The number of amides is 1.